The number of anilines is 3. The number of Topliss-reactive ketones (excluding diaryl/α,β-unsaturated/α-hetero) is 2. The van der Waals surface area contributed by atoms with E-state index in [1.807, 2.05) is 87.5 Å². The highest BCUT2D eigenvalue weighted by Gasteiger charge is 2.26. The highest BCUT2D eigenvalue weighted by atomic mass is 79.9. The van der Waals surface area contributed by atoms with Crippen molar-refractivity contribution in [3.8, 4) is 11.5 Å². The van der Waals surface area contributed by atoms with Crippen LogP contribution in [-0.4, -0.2) is 25.8 Å². The molecule has 0 aliphatic heterocycles. The molecule has 3 N–H and O–H groups in total. The van der Waals surface area contributed by atoms with E-state index in [9.17, 15) is 14.0 Å². The summed E-state index contributed by atoms with van der Waals surface area (Å²) >= 11 is 6.78. The third-order valence-electron chi connectivity index (χ3n) is 6.30. The lowest BCUT2D eigenvalue weighted by Gasteiger charge is -2.20. The largest absolute Gasteiger partial charge is 0.497 e. The zero-order valence-electron chi connectivity index (χ0n) is 26.9. The van der Waals surface area contributed by atoms with E-state index >= 15 is 0 Å². The van der Waals surface area contributed by atoms with E-state index in [1.54, 1.807) is 33.9 Å². The van der Waals surface area contributed by atoms with Gasteiger partial charge in [-0.3, -0.25) is 9.59 Å². The lowest BCUT2D eigenvalue weighted by Crippen LogP contribution is -2.21. The number of hydrogen-bond donors (Lipinski definition) is 2. The molecule has 0 heterocycles. The molecule has 0 aliphatic carbocycles. The van der Waals surface area contributed by atoms with Gasteiger partial charge in [0.1, 0.15) is 17.3 Å². The predicted octanol–water partition coefficient (Wildman–Crippen LogP) is 10.5. The molecule has 0 unspecified atom stereocenters. The number of carbonyl (C=O) groups excluding carboxylic acids is 2. The second-order valence-corrected chi connectivity index (χ2v) is 13.8. The number of para-hydroxylation sites is 2. The normalized spacial score (nSPS) is 10.8. The van der Waals surface area contributed by atoms with Gasteiger partial charge < -0.3 is 20.5 Å². The quantitative estimate of drug-likeness (QED) is 0.151. The van der Waals surface area contributed by atoms with Gasteiger partial charge in [-0.15, -0.1) is 0 Å². The molecule has 0 saturated carbocycles. The molecule has 45 heavy (non-hydrogen) atoms. The van der Waals surface area contributed by atoms with Crippen LogP contribution >= 0.6 is 31.9 Å². The van der Waals surface area contributed by atoms with Gasteiger partial charge >= 0.3 is 0 Å². The molecule has 0 atom stereocenters. The SMILES string of the molecule is COc1ccc(C(=O)C(C)(C)C)c(F)c1.COc1ccc(C(=O)C(C)(C)C)c(Nc2ccccc2Br)c1.Nc1ccccc1Br. The Morgan fingerprint density at radius 3 is 1.58 bits per heavy atom. The molecule has 0 amide bonds. The summed E-state index contributed by atoms with van der Waals surface area (Å²) in [4.78, 5) is 24.5. The van der Waals surface area contributed by atoms with Crippen molar-refractivity contribution >= 4 is 60.5 Å². The van der Waals surface area contributed by atoms with E-state index in [-0.39, 0.29) is 17.1 Å². The number of nitrogen functional groups attached to an aromatic ring is 1. The van der Waals surface area contributed by atoms with Gasteiger partial charge in [-0.25, -0.2) is 4.39 Å². The van der Waals surface area contributed by atoms with E-state index in [0.717, 1.165) is 26.0 Å². The molecule has 4 aromatic rings. The maximum atomic E-state index is 13.5. The molecular formula is C36H41Br2FN2O4. The van der Waals surface area contributed by atoms with Crippen LogP contribution < -0.4 is 20.5 Å². The maximum Gasteiger partial charge on any atom is 0.171 e. The number of benzene rings is 4. The number of hydrogen-bond acceptors (Lipinski definition) is 6. The van der Waals surface area contributed by atoms with Gasteiger partial charge in [0.25, 0.3) is 0 Å². The number of nitrogens with one attached hydrogen (secondary N) is 1. The Labute approximate surface area is 282 Å². The standard InChI is InChI=1S/C18H20BrNO2.C12H15FO2.C6H6BrN/c1-18(2,3)17(21)13-10-9-12(22-4)11-16(13)20-15-8-6-5-7-14(15)19;1-12(2,3)11(14)9-6-5-8(15-4)7-10(9)13;7-5-3-1-2-4-6(5)8/h5-11,20H,1-4H3;5-7H,1-4H3;1-4H,8H2. The molecule has 0 spiro atoms. The fourth-order valence-electron chi connectivity index (χ4n) is 3.75. The summed E-state index contributed by atoms with van der Waals surface area (Å²) in [5, 5.41) is 3.32. The van der Waals surface area contributed by atoms with Crippen molar-refractivity contribution in [3.63, 3.8) is 0 Å². The molecule has 0 aliphatic rings. The highest BCUT2D eigenvalue weighted by Crippen LogP contribution is 2.33. The molecule has 0 fully saturated rings. The van der Waals surface area contributed by atoms with Crippen LogP contribution in [0.15, 0.2) is 93.9 Å². The first kappa shape index (κ1) is 37.5. The average Bonchev–Trinajstić information content (AvgIpc) is 2.98. The Morgan fingerprint density at radius 2 is 1.13 bits per heavy atom. The number of rotatable bonds is 6. The Balaban J connectivity index is 0.000000263. The minimum Gasteiger partial charge on any atom is -0.497 e. The topological polar surface area (TPSA) is 90.6 Å². The third kappa shape index (κ3) is 11.3. The Morgan fingerprint density at radius 1 is 0.667 bits per heavy atom. The van der Waals surface area contributed by atoms with Gasteiger partial charge in [-0.05, 0) is 80.4 Å². The monoisotopic (exact) mass is 742 g/mol. The van der Waals surface area contributed by atoms with Gasteiger partial charge in [0.05, 0.1) is 31.2 Å². The Hall–Kier alpha value is -3.69. The van der Waals surface area contributed by atoms with Crippen molar-refractivity contribution < 1.29 is 23.5 Å². The van der Waals surface area contributed by atoms with Crippen LogP contribution in [0.3, 0.4) is 0 Å². The summed E-state index contributed by atoms with van der Waals surface area (Å²) in [7, 11) is 3.07. The highest BCUT2D eigenvalue weighted by molar-refractivity contribution is 9.11. The number of ketones is 2. The fraction of sp³-hybridized carbons (Fsp3) is 0.278. The lowest BCUT2D eigenvalue weighted by molar-refractivity contribution is 0.0850. The molecule has 6 nitrogen and oxygen atoms in total. The van der Waals surface area contributed by atoms with E-state index in [1.165, 1.54) is 19.2 Å². The number of carbonyl (C=O) groups is 2. The van der Waals surface area contributed by atoms with Crippen molar-refractivity contribution in [2.45, 2.75) is 41.5 Å². The van der Waals surface area contributed by atoms with E-state index in [0.29, 0.717) is 17.1 Å². The predicted molar refractivity (Wildman–Crippen MR) is 189 cm³/mol. The smallest absolute Gasteiger partial charge is 0.171 e. The molecule has 0 radical (unpaired) electrons. The van der Waals surface area contributed by atoms with Crippen molar-refractivity contribution in [1.29, 1.82) is 0 Å². The first-order chi connectivity index (χ1) is 21.0. The van der Waals surface area contributed by atoms with Crippen LogP contribution in [0, 0.1) is 16.6 Å². The van der Waals surface area contributed by atoms with Crippen LogP contribution in [0.1, 0.15) is 62.3 Å². The second kappa shape index (κ2) is 16.6. The van der Waals surface area contributed by atoms with Gasteiger partial charge in [0.2, 0.25) is 0 Å². The van der Waals surface area contributed by atoms with Gasteiger partial charge in [0, 0.05) is 43.2 Å². The fourth-order valence-corrected chi connectivity index (χ4v) is 4.42. The third-order valence-corrected chi connectivity index (χ3v) is 7.72. The van der Waals surface area contributed by atoms with Crippen molar-refractivity contribution in [3.05, 3.63) is 111 Å². The molecule has 0 aromatic heterocycles. The first-order valence-corrected chi connectivity index (χ1v) is 15.7. The van der Waals surface area contributed by atoms with Crippen molar-refractivity contribution in [2.75, 3.05) is 25.3 Å². The zero-order chi connectivity index (χ0) is 33.9. The minimum absolute atomic E-state index is 0.0877. The Bertz CT molecular complexity index is 1590. The van der Waals surface area contributed by atoms with Crippen LogP contribution in [0.25, 0.3) is 0 Å². The second-order valence-electron chi connectivity index (χ2n) is 12.0. The van der Waals surface area contributed by atoms with Crippen LogP contribution in [0.5, 0.6) is 11.5 Å². The van der Waals surface area contributed by atoms with Crippen molar-refractivity contribution in [2.24, 2.45) is 10.8 Å². The molecule has 0 bridgehead atoms. The maximum absolute atomic E-state index is 13.5. The van der Waals surface area contributed by atoms with E-state index in [2.05, 4.69) is 37.2 Å². The van der Waals surface area contributed by atoms with Crippen LogP contribution in [0.2, 0.25) is 0 Å². The van der Waals surface area contributed by atoms with E-state index in [4.69, 9.17) is 15.2 Å². The summed E-state index contributed by atoms with van der Waals surface area (Å²) < 4.78 is 25.6. The number of ether oxygens (including phenoxy) is 2. The summed E-state index contributed by atoms with van der Waals surface area (Å²) in [6.07, 6.45) is 0. The minimum atomic E-state index is -0.574. The van der Waals surface area contributed by atoms with Gasteiger partial charge in [-0.1, -0.05) is 65.8 Å². The summed E-state index contributed by atoms with van der Waals surface area (Å²) in [6.45, 7) is 11.0. The summed E-state index contributed by atoms with van der Waals surface area (Å²) in [5.74, 6) is 0.472. The molecule has 9 heteroatoms. The van der Waals surface area contributed by atoms with Crippen LogP contribution in [0.4, 0.5) is 21.5 Å². The first-order valence-electron chi connectivity index (χ1n) is 14.1. The molecule has 0 saturated heterocycles. The number of methoxy groups -OCH3 is 2. The van der Waals surface area contributed by atoms with Crippen molar-refractivity contribution in [1.82, 2.24) is 0 Å². The molecule has 4 aromatic carbocycles. The Kier molecular flexibility index (Phi) is 13.8. The lowest BCUT2D eigenvalue weighted by atomic mass is 9.86. The number of halogens is 3. The molecular weight excluding hydrogens is 703 g/mol. The average molecular weight is 745 g/mol. The van der Waals surface area contributed by atoms with Crippen LogP contribution in [-0.2, 0) is 0 Å². The zero-order valence-corrected chi connectivity index (χ0v) is 30.1. The van der Waals surface area contributed by atoms with Gasteiger partial charge in [-0.2, -0.15) is 0 Å². The number of nitrogens with two attached hydrogens (primary N) is 1. The van der Waals surface area contributed by atoms with E-state index < -0.39 is 16.6 Å². The molecule has 4 rings (SSSR count). The van der Waals surface area contributed by atoms with Gasteiger partial charge in [0.15, 0.2) is 11.6 Å². The summed E-state index contributed by atoms with van der Waals surface area (Å²) in [6, 6.07) is 25.1. The summed E-state index contributed by atoms with van der Waals surface area (Å²) in [5.41, 5.74) is 7.65. The molecule has 240 valence electrons.